The molecule has 0 amide bonds. The van der Waals surface area contributed by atoms with Crippen LogP contribution in [0.4, 0.5) is 10.1 Å². The van der Waals surface area contributed by atoms with E-state index in [0.29, 0.717) is 22.6 Å². The van der Waals surface area contributed by atoms with Gasteiger partial charge in [-0.2, -0.15) is 0 Å². The molecule has 0 unspecified atom stereocenters. The first-order valence-corrected chi connectivity index (χ1v) is 9.12. The summed E-state index contributed by atoms with van der Waals surface area (Å²) in [6, 6.07) is 10.7. The standard InChI is InChI=1S/C20H24ClFN2O2/c1-25-18-10-5-14(19(21)20(18)26-2)12-24-11-3-4-17(13-24)23-16-8-6-15(22)7-9-16/h5-10,17,23H,3-4,11-13H2,1-2H3/t17-/m0/s1. The lowest BCUT2D eigenvalue weighted by Gasteiger charge is -2.34. The third-order valence-electron chi connectivity index (χ3n) is 4.68. The fourth-order valence-electron chi connectivity index (χ4n) is 3.39. The van der Waals surface area contributed by atoms with Crippen LogP contribution in [0.25, 0.3) is 0 Å². The number of ether oxygens (including phenoxy) is 2. The van der Waals surface area contributed by atoms with E-state index >= 15 is 0 Å². The second-order valence-corrected chi connectivity index (χ2v) is 6.88. The van der Waals surface area contributed by atoms with Crippen LogP contribution in [0.5, 0.6) is 11.5 Å². The van der Waals surface area contributed by atoms with E-state index in [-0.39, 0.29) is 5.82 Å². The fourth-order valence-corrected chi connectivity index (χ4v) is 3.68. The van der Waals surface area contributed by atoms with Gasteiger partial charge in [-0.25, -0.2) is 4.39 Å². The first-order valence-electron chi connectivity index (χ1n) is 8.74. The number of hydrogen-bond acceptors (Lipinski definition) is 4. The van der Waals surface area contributed by atoms with E-state index in [1.165, 1.54) is 12.1 Å². The zero-order valence-electron chi connectivity index (χ0n) is 15.1. The van der Waals surface area contributed by atoms with Crippen molar-refractivity contribution in [2.24, 2.45) is 0 Å². The van der Waals surface area contributed by atoms with Crippen molar-refractivity contribution in [1.82, 2.24) is 4.90 Å². The lowest BCUT2D eigenvalue weighted by atomic mass is 10.0. The highest BCUT2D eigenvalue weighted by Gasteiger charge is 2.22. The van der Waals surface area contributed by atoms with Gasteiger partial charge in [0.15, 0.2) is 11.5 Å². The molecule has 4 nitrogen and oxygen atoms in total. The second kappa shape index (κ2) is 8.60. The normalized spacial score (nSPS) is 17.8. The van der Waals surface area contributed by atoms with Gasteiger partial charge in [-0.15, -0.1) is 0 Å². The Labute approximate surface area is 158 Å². The summed E-state index contributed by atoms with van der Waals surface area (Å²) < 4.78 is 23.7. The van der Waals surface area contributed by atoms with Gasteiger partial charge in [0.25, 0.3) is 0 Å². The SMILES string of the molecule is COc1ccc(CN2CCC[C@H](Nc3ccc(F)cc3)C2)c(Cl)c1OC. The molecule has 1 saturated heterocycles. The quantitative estimate of drug-likeness (QED) is 0.798. The molecule has 0 aliphatic carbocycles. The molecule has 2 aromatic carbocycles. The summed E-state index contributed by atoms with van der Waals surface area (Å²) in [6.07, 6.45) is 2.19. The lowest BCUT2D eigenvalue weighted by molar-refractivity contribution is 0.208. The van der Waals surface area contributed by atoms with Crippen LogP contribution in [0.15, 0.2) is 36.4 Å². The summed E-state index contributed by atoms with van der Waals surface area (Å²) in [7, 11) is 3.20. The van der Waals surface area contributed by atoms with Gasteiger partial charge < -0.3 is 14.8 Å². The Morgan fingerprint density at radius 1 is 1.15 bits per heavy atom. The zero-order chi connectivity index (χ0) is 18.5. The molecule has 1 aliphatic rings. The van der Waals surface area contributed by atoms with E-state index in [4.69, 9.17) is 21.1 Å². The number of rotatable bonds is 6. The average Bonchev–Trinajstić information content (AvgIpc) is 2.65. The van der Waals surface area contributed by atoms with Crippen molar-refractivity contribution < 1.29 is 13.9 Å². The summed E-state index contributed by atoms with van der Waals surface area (Å²) in [5.74, 6) is 0.990. The molecular formula is C20H24ClFN2O2. The van der Waals surface area contributed by atoms with Gasteiger partial charge in [0, 0.05) is 24.8 Å². The predicted molar refractivity (Wildman–Crippen MR) is 103 cm³/mol. The molecule has 3 rings (SSSR count). The first kappa shape index (κ1) is 18.8. The van der Waals surface area contributed by atoms with Crippen LogP contribution >= 0.6 is 11.6 Å². The maximum Gasteiger partial charge on any atom is 0.179 e. The summed E-state index contributed by atoms with van der Waals surface area (Å²) in [6.45, 7) is 2.68. The minimum Gasteiger partial charge on any atom is -0.493 e. The smallest absolute Gasteiger partial charge is 0.179 e. The highest BCUT2D eigenvalue weighted by molar-refractivity contribution is 6.33. The van der Waals surface area contributed by atoms with Crippen molar-refractivity contribution in [2.45, 2.75) is 25.4 Å². The van der Waals surface area contributed by atoms with E-state index in [1.807, 2.05) is 12.1 Å². The number of methoxy groups -OCH3 is 2. The maximum atomic E-state index is 13.1. The summed E-state index contributed by atoms with van der Waals surface area (Å²) in [5.41, 5.74) is 1.97. The Kier molecular flexibility index (Phi) is 6.22. The highest BCUT2D eigenvalue weighted by Crippen LogP contribution is 2.38. The number of piperidine rings is 1. The van der Waals surface area contributed by atoms with Crippen LogP contribution in [0.2, 0.25) is 5.02 Å². The summed E-state index contributed by atoms with van der Waals surface area (Å²) >= 11 is 6.51. The number of nitrogens with zero attached hydrogens (tertiary/aromatic N) is 1. The average molecular weight is 379 g/mol. The number of likely N-dealkylation sites (tertiary alicyclic amines) is 1. The van der Waals surface area contributed by atoms with Gasteiger partial charge in [0.05, 0.1) is 19.2 Å². The van der Waals surface area contributed by atoms with Crippen molar-refractivity contribution in [3.05, 3.63) is 52.8 Å². The van der Waals surface area contributed by atoms with Gasteiger partial charge in [0.2, 0.25) is 0 Å². The van der Waals surface area contributed by atoms with Gasteiger partial charge in [0.1, 0.15) is 5.82 Å². The Morgan fingerprint density at radius 3 is 2.62 bits per heavy atom. The fraction of sp³-hybridized carbons (Fsp3) is 0.400. The molecule has 1 heterocycles. The van der Waals surface area contributed by atoms with Crippen molar-refractivity contribution in [3.63, 3.8) is 0 Å². The van der Waals surface area contributed by atoms with Crippen LogP contribution in [-0.4, -0.2) is 38.3 Å². The second-order valence-electron chi connectivity index (χ2n) is 6.50. The largest absolute Gasteiger partial charge is 0.493 e. The topological polar surface area (TPSA) is 33.7 Å². The number of nitrogens with one attached hydrogen (secondary N) is 1. The van der Waals surface area contributed by atoms with Gasteiger partial charge >= 0.3 is 0 Å². The van der Waals surface area contributed by atoms with E-state index in [1.54, 1.807) is 26.4 Å². The molecule has 0 aromatic heterocycles. The minimum atomic E-state index is -0.219. The van der Waals surface area contributed by atoms with E-state index in [9.17, 15) is 4.39 Å². The van der Waals surface area contributed by atoms with E-state index in [2.05, 4.69) is 10.2 Å². The summed E-state index contributed by atoms with van der Waals surface area (Å²) in [5, 5.41) is 4.09. The molecule has 0 saturated carbocycles. The minimum absolute atomic E-state index is 0.219. The van der Waals surface area contributed by atoms with E-state index < -0.39 is 0 Å². The molecule has 26 heavy (non-hydrogen) atoms. The Hall–Kier alpha value is -1.98. The van der Waals surface area contributed by atoms with Gasteiger partial charge in [-0.1, -0.05) is 17.7 Å². The molecule has 6 heteroatoms. The maximum absolute atomic E-state index is 13.1. The van der Waals surface area contributed by atoms with Crippen LogP contribution in [0, 0.1) is 5.82 Å². The Bertz CT molecular complexity index is 739. The van der Waals surface area contributed by atoms with Gasteiger partial charge in [-0.3, -0.25) is 4.90 Å². The molecule has 1 atom stereocenters. The first-order chi connectivity index (χ1) is 12.6. The van der Waals surface area contributed by atoms with Crippen molar-refractivity contribution in [3.8, 4) is 11.5 Å². The molecule has 0 radical (unpaired) electrons. The molecular weight excluding hydrogens is 355 g/mol. The molecule has 0 spiro atoms. The monoisotopic (exact) mass is 378 g/mol. The van der Waals surface area contributed by atoms with Crippen LogP contribution < -0.4 is 14.8 Å². The molecule has 1 fully saturated rings. The number of anilines is 1. The molecule has 1 N–H and O–H groups in total. The van der Waals surface area contributed by atoms with E-state index in [0.717, 1.165) is 43.7 Å². The Morgan fingerprint density at radius 2 is 1.92 bits per heavy atom. The molecule has 0 bridgehead atoms. The van der Waals surface area contributed by atoms with Crippen LogP contribution in [0.1, 0.15) is 18.4 Å². The molecule has 2 aromatic rings. The van der Waals surface area contributed by atoms with Crippen molar-refractivity contribution in [2.75, 3.05) is 32.6 Å². The predicted octanol–water partition coefficient (Wildman–Crippen LogP) is 4.57. The van der Waals surface area contributed by atoms with Gasteiger partial charge in [-0.05, 0) is 55.3 Å². The summed E-state index contributed by atoms with van der Waals surface area (Å²) in [4.78, 5) is 2.37. The third-order valence-corrected chi connectivity index (χ3v) is 5.09. The third kappa shape index (κ3) is 4.40. The zero-order valence-corrected chi connectivity index (χ0v) is 15.9. The number of halogens is 2. The van der Waals surface area contributed by atoms with Crippen molar-refractivity contribution >= 4 is 17.3 Å². The number of benzene rings is 2. The van der Waals surface area contributed by atoms with Crippen molar-refractivity contribution in [1.29, 1.82) is 0 Å². The molecule has 1 aliphatic heterocycles. The number of hydrogen-bond donors (Lipinski definition) is 1. The lowest BCUT2D eigenvalue weighted by Crippen LogP contribution is -2.41. The molecule has 140 valence electrons. The van der Waals surface area contributed by atoms with Crippen LogP contribution in [-0.2, 0) is 6.54 Å². The Balaban J connectivity index is 1.66. The van der Waals surface area contributed by atoms with Crippen LogP contribution in [0.3, 0.4) is 0 Å². The highest BCUT2D eigenvalue weighted by atomic mass is 35.5.